The quantitative estimate of drug-likeness (QED) is 0.829. The third-order valence-electron chi connectivity index (χ3n) is 4.14. The molecule has 0 aliphatic carbocycles. The second-order valence-electron chi connectivity index (χ2n) is 5.87. The minimum absolute atomic E-state index is 0.147. The molecule has 2 saturated heterocycles. The number of rotatable bonds is 5. The largest absolute Gasteiger partial charge is 0.405 e. The molecule has 2 rings (SSSR count). The predicted molar refractivity (Wildman–Crippen MR) is 73.4 cm³/mol. The maximum atomic E-state index is 12.1. The van der Waals surface area contributed by atoms with Gasteiger partial charge in [0, 0.05) is 19.7 Å². The Kier molecular flexibility index (Phi) is 6.05. The number of alkyl halides is 3. The van der Waals surface area contributed by atoms with Gasteiger partial charge < -0.3 is 14.8 Å². The summed E-state index contributed by atoms with van der Waals surface area (Å²) in [5.74, 6) is -0.583. The van der Waals surface area contributed by atoms with Gasteiger partial charge in [0.2, 0.25) is 5.91 Å². The fraction of sp³-hybridized carbons (Fsp3) is 0.929. The van der Waals surface area contributed by atoms with Crippen LogP contribution in [0.1, 0.15) is 26.2 Å². The number of carbonyl (C=O) groups excluding carboxylic acids is 1. The molecule has 0 radical (unpaired) electrons. The van der Waals surface area contributed by atoms with Gasteiger partial charge in [-0.1, -0.05) is 0 Å². The molecule has 2 unspecified atom stereocenters. The molecule has 2 atom stereocenters. The van der Waals surface area contributed by atoms with Crippen LogP contribution in [-0.4, -0.2) is 68.1 Å². The van der Waals surface area contributed by atoms with Gasteiger partial charge in [0.05, 0.1) is 24.9 Å². The van der Waals surface area contributed by atoms with Gasteiger partial charge in [-0.15, -0.1) is 0 Å². The lowest BCUT2D eigenvalue weighted by Crippen LogP contribution is -2.50. The second-order valence-corrected chi connectivity index (χ2v) is 5.87. The number of hydrogen-bond acceptors (Lipinski definition) is 4. The highest BCUT2D eigenvalue weighted by molar-refractivity contribution is 5.81. The molecule has 2 aliphatic rings. The number of ether oxygens (including phenoxy) is 2. The summed E-state index contributed by atoms with van der Waals surface area (Å²) < 4.78 is 47.5. The number of likely N-dealkylation sites (tertiary alicyclic amines) is 1. The molecule has 128 valence electrons. The summed E-state index contributed by atoms with van der Waals surface area (Å²) in [7, 11) is 0. The third-order valence-corrected chi connectivity index (χ3v) is 4.14. The Balaban J connectivity index is 1.69. The maximum absolute atomic E-state index is 12.1. The molecule has 2 fully saturated rings. The van der Waals surface area contributed by atoms with E-state index in [0.29, 0.717) is 19.7 Å². The summed E-state index contributed by atoms with van der Waals surface area (Å²) in [6.45, 7) is 3.03. The summed E-state index contributed by atoms with van der Waals surface area (Å²) in [5.41, 5.74) is 0. The van der Waals surface area contributed by atoms with Crippen LogP contribution in [0.3, 0.4) is 0 Å². The molecule has 22 heavy (non-hydrogen) atoms. The molecule has 0 aromatic heterocycles. The zero-order valence-electron chi connectivity index (χ0n) is 12.7. The highest BCUT2D eigenvalue weighted by atomic mass is 19.4. The first-order valence-electron chi connectivity index (χ1n) is 7.67. The Morgan fingerprint density at radius 1 is 1.32 bits per heavy atom. The van der Waals surface area contributed by atoms with Crippen molar-refractivity contribution in [3.63, 3.8) is 0 Å². The van der Waals surface area contributed by atoms with E-state index in [1.165, 1.54) is 0 Å². The first-order chi connectivity index (χ1) is 10.3. The van der Waals surface area contributed by atoms with Crippen LogP contribution in [0.15, 0.2) is 0 Å². The highest BCUT2D eigenvalue weighted by Gasteiger charge is 2.32. The Morgan fingerprint density at radius 2 is 2.00 bits per heavy atom. The summed E-state index contributed by atoms with van der Waals surface area (Å²) in [4.78, 5) is 13.6. The van der Waals surface area contributed by atoms with E-state index < -0.39 is 24.7 Å². The fourth-order valence-electron chi connectivity index (χ4n) is 2.79. The standard InChI is InChI=1S/C14H23F3N2O3/c1-10(13(20)18-9-14(15,16)17)19-5-2-11(3-6-19)22-12-4-7-21-8-12/h10-12H,2-9H2,1H3,(H,18,20). The van der Waals surface area contributed by atoms with Gasteiger partial charge in [0.15, 0.2) is 0 Å². The van der Waals surface area contributed by atoms with E-state index in [-0.39, 0.29) is 12.2 Å². The van der Waals surface area contributed by atoms with Gasteiger partial charge in [0.25, 0.3) is 0 Å². The van der Waals surface area contributed by atoms with E-state index in [0.717, 1.165) is 25.9 Å². The monoisotopic (exact) mass is 324 g/mol. The SMILES string of the molecule is CC(C(=O)NCC(F)(F)F)N1CCC(OC2CCOC2)CC1. The van der Waals surface area contributed by atoms with E-state index in [1.807, 2.05) is 10.2 Å². The molecule has 1 amide bonds. The van der Waals surface area contributed by atoms with Crippen molar-refractivity contribution in [2.45, 2.75) is 50.6 Å². The van der Waals surface area contributed by atoms with Crippen molar-refractivity contribution in [1.29, 1.82) is 0 Å². The van der Waals surface area contributed by atoms with E-state index >= 15 is 0 Å². The van der Waals surface area contributed by atoms with Crippen LogP contribution < -0.4 is 5.32 Å². The Hall–Kier alpha value is -0.860. The lowest BCUT2D eigenvalue weighted by molar-refractivity contribution is -0.142. The van der Waals surface area contributed by atoms with Gasteiger partial charge >= 0.3 is 6.18 Å². The van der Waals surface area contributed by atoms with Crippen molar-refractivity contribution in [2.75, 3.05) is 32.8 Å². The van der Waals surface area contributed by atoms with Crippen molar-refractivity contribution in [2.24, 2.45) is 0 Å². The van der Waals surface area contributed by atoms with Crippen molar-refractivity contribution < 1.29 is 27.4 Å². The third kappa shape index (κ3) is 5.40. The molecule has 0 spiro atoms. The number of hydrogen-bond donors (Lipinski definition) is 1. The zero-order chi connectivity index (χ0) is 16.2. The molecule has 0 saturated carbocycles. The van der Waals surface area contributed by atoms with Crippen LogP contribution in [0.4, 0.5) is 13.2 Å². The van der Waals surface area contributed by atoms with E-state index in [4.69, 9.17) is 9.47 Å². The van der Waals surface area contributed by atoms with Crippen molar-refractivity contribution >= 4 is 5.91 Å². The van der Waals surface area contributed by atoms with Crippen LogP contribution in [0.5, 0.6) is 0 Å². The van der Waals surface area contributed by atoms with Gasteiger partial charge in [0.1, 0.15) is 6.54 Å². The van der Waals surface area contributed by atoms with Crippen molar-refractivity contribution in [3.8, 4) is 0 Å². The minimum atomic E-state index is -4.38. The summed E-state index contributed by atoms with van der Waals surface area (Å²) in [5, 5.41) is 1.94. The Labute approximate surface area is 128 Å². The maximum Gasteiger partial charge on any atom is 0.405 e. The Bertz CT molecular complexity index is 365. The van der Waals surface area contributed by atoms with Gasteiger partial charge in [-0.25, -0.2) is 0 Å². The number of halogens is 3. The summed E-state index contributed by atoms with van der Waals surface area (Å²) in [6.07, 6.45) is -1.59. The average molecular weight is 324 g/mol. The summed E-state index contributed by atoms with van der Waals surface area (Å²) in [6, 6.07) is -0.557. The van der Waals surface area contributed by atoms with Gasteiger partial charge in [-0.3, -0.25) is 9.69 Å². The number of piperidine rings is 1. The summed E-state index contributed by atoms with van der Waals surface area (Å²) >= 11 is 0. The molecule has 8 heteroatoms. The smallest absolute Gasteiger partial charge is 0.379 e. The molecule has 0 aromatic carbocycles. The zero-order valence-corrected chi connectivity index (χ0v) is 12.7. The molecule has 1 N–H and O–H groups in total. The van der Waals surface area contributed by atoms with Crippen LogP contribution in [-0.2, 0) is 14.3 Å². The van der Waals surface area contributed by atoms with Crippen LogP contribution >= 0.6 is 0 Å². The first-order valence-corrected chi connectivity index (χ1v) is 7.67. The normalized spacial score (nSPS) is 26.1. The molecule has 0 bridgehead atoms. The van der Waals surface area contributed by atoms with Crippen molar-refractivity contribution in [3.05, 3.63) is 0 Å². The predicted octanol–water partition coefficient (Wildman–Crippen LogP) is 1.32. The number of carbonyl (C=O) groups is 1. The van der Waals surface area contributed by atoms with Gasteiger partial charge in [-0.05, 0) is 26.2 Å². The van der Waals surface area contributed by atoms with E-state index in [9.17, 15) is 18.0 Å². The number of amides is 1. The molecule has 2 aliphatic heterocycles. The molecule has 2 heterocycles. The van der Waals surface area contributed by atoms with E-state index in [2.05, 4.69) is 0 Å². The van der Waals surface area contributed by atoms with Crippen molar-refractivity contribution in [1.82, 2.24) is 10.2 Å². The highest BCUT2D eigenvalue weighted by Crippen LogP contribution is 2.20. The molecule has 0 aromatic rings. The fourth-order valence-corrected chi connectivity index (χ4v) is 2.79. The minimum Gasteiger partial charge on any atom is -0.379 e. The molecule has 5 nitrogen and oxygen atoms in total. The number of nitrogens with zero attached hydrogens (tertiary/aromatic N) is 1. The van der Waals surface area contributed by atoms with E-state index in [1.54, 1.807) is 6.92 Å². The lowest BCUT2D eigenvalue weighted by Gasteiger charge is -2.36. The average Bonchev–Trinajstić information content (AvgIpc) is 2.97. The first kappa shape index (κ1) is 17.5. The van der Waals surface area contributed by atoms with Crippen LogP contribution in [0.2, 0.25) is 0 Å². The lowest BCUT2D eigenvalue weighted by atomic mass is 10.1. The topological polar surface area (TPSA) is 50.8 Å². The van der Waals surface area contributed by atoms with Gasteiger partial charge in [-0.2, -0.15) is 13.2 Å². The molecular weight excluding hydrogens is 301 g/mol. The Morgan fingerprint density at radius 3 is 2.55 bits per heavy atom. The second kappa shape index (κ2) is 7.61. The molecular formula is C14H23F3N2O3. The number of nitrogens with one attached hydrogen (secondary N) is 1. The van der Waals surface area contributed by atoms with Crippen LogP contribution in [0, 0.1) is 0 Å². The van der Waals surface area contributed by atoms with Crippen LogP contribution in [0.25, 0.3) is 0 Å².